The van der Waals surface area contributed by atoms with Gasteiger partial charge in [-0.15, -0.1) is 0 Å². The van der Waals surface area contributed by atoms with Crippen molar-refractivity contribution in [3.05, 3.63) is 0 Å². The Labute approximate surface area is 65.6 Å². The van der Waals surface area contributed by atoms with Gasteiger partial charge in [0.2, 0.25) is 0 Å². The van der Waals surface area contributed by atoms with E-state index >= 15 is 0 Å². The number of hydrogen-bond acceptors (Lipinski definition) is 2. The molecule has 0 aromatic rings. The van der Waals surface area contributed by atoms with E-state index in [2.05, 4.69) is 44.6 Å². The monoisotopic (exact) mass is 140 g/mol. The second-order valence-corrected chi connectivity index (χ2v) is 3.44. The fourth-order valence-corrected chi connectivity index (χ4v) is 0.589. The van der Waals surface area contributed by atoms with Crippen molar-refractivity contribution in [1.29, 1.82) is 0 Å². The molecule has 4 heteroatoms. The molecule has 0 aliphatic carbocycles. The predicted octanol–water partition coefficient (Wildman–Crippen LogP) is 0.549. The minimum Gasteiger partial charge on any atom is -0.349 e. The number of nitrogens with one attached hydrogen (secondary N) is 1. The van der Waals surface area contributed by atoms with Crippen molar-refractivity contribution in [3.8, 4) is 0 Å². The van der Waals surface area contributed by atoms with Crippen LogP contribution in [0.25, 0.3) is 0 Å². The third-order valence-corrected chi connectivity index (χ3v) is 1.60. The molecule has 0 amide bonds. The molecule has 0 radical (unpaired) electrons. The van der Waals surface area contributed by atoms with Crippen LogP contribution in [0.2, 0.25) is 20.5 Å². The molecule has 0 rings (SSSR count). The van der Waals surface area contributed by atoms with E-state index in [9.17, 15) is 0 Å². The summed E-state index contributed by atoms with van der Waals surface area (Å²) in [6, 6.07) is 0. The smallest absolute Gasteiger partial charge is 0.303 e. The minimum absolute atomic E-state index is 0.488. The summed E-state index contributed by atoms with van der Waals surface area (Å²) in [4.78, 5) is 2.17. The highest BCUT2D eigenvalue weighted by molar-refractivity contribution is 6.59. The van der Waals surface area contributed by atoms with Crippen molar-refractivity contribution < 1.29 is 0 Å². The fraction of sp³-hybridized carbons (Fsp3) is 1.00. The fourth-order valence-electron chi connectivity index (χ4n) is 0.589. The third kappa shape index (κ3) is 4.89. The standard InChI is InChI=1S/C6H18B2N2/c1-7(2)6-9-8(3)10(4)5/h9H,6H2,1-5H3. The first-order chi connectivity index (χ1) is 4.54. The molecule has 0 aliphatic heterocycles. The summed E-state index contributed by atoms with van der Waals surface area (Å²) in [5.41, 5.74) is 0. The van der Waals surface area contributed by atoms with Gasteiger partial charge in [-0.3, -0.25) is 0 Å². The van der Waals surface area contributed by atoms with Gasteiger partial charge in [0.1, 0.15) is 6.71 Å². The van der Waals surface area contributed by atoms with E-state index in [1.807, 2.05) is 0 Å². The van der Waals surface area contributed by atoms with Gasteiger partial charge >= 0.3 is 6.98 Å². The molecule has 0 bridgehead atoms. The van der Waals surface area contributed by atoms with Gasteiger partial charge in [-0.25, -0.2) is 0 Å². The lowest BCUT2D eigenvalue weighted by molar-refractivity contribution is 0.626. The summed E-state index contributed by atoms with van der Waals surface area (Å²) in [5, 5.41) is 3.41. The van der Waals surface area contributed by atoms with Crippen LogP contribution in [0.5, 0.6) is 0 Å². The normalized spacial score (nSPS) is 10.2. The Morgan fingerprint density at radius 3 is 2.00 bits per heavy atom. The van der Waals surface area contributed by atoms with Gasteiger partial charge in [0.05, 0.1) is 0 Å². The summed E-state index contributed by atoms with van der Waals surface area (Å²) in [7, 11) is 4.16. The molecule has 0 aliphatic rings. The molecule has 0 aromatic heterocycles. The number of nitrogens with zero attached hydrogens (tertiary/aromatic N) is 1. The zero-order valence-electron chi connectivity index (χ0n) is 7.81. The molecule has 0 saturated heterocycles. The minimum atomic E-state index is 0.488. The van der Waals surface area contributed by atoms with E-state index in [4.69, 9.17) is 0 Å². The van der Waals surface area contributed by atoms with Gasteiger partial charge in [-0.05, 0) is 20.5 Å². The Kier molecular flexibility index (Phi) is 4.83. The first kappa shape index (κ1) is 10.0. The van der Waals surface area contributed by atoms with Gasteiger partial charge in [-0.2, -0.15) is 0 Å². The molecule has 0 fully saturated rings. The Balaban J connectivity index is 3.30. The molecule has 0 heterocycles. The highest BCUT2D eigenvalue weighted by Crippen LogP contribution is 1.82. The van der Waals surface area contributed by atoms with E-state index in [1.54, 1.807) is 0 Å². The van der Waals surface area contributed by atoms with Crippen LogP contribution in [-0.4, -0.2) is 39.0 Å². The van der Waals surface area contributed by atoms with Crippen LogP contribution >= 0.6 is 0 Å². The van der Waals surface area contributed by atoms with Crippen molar-refractivity contribution in [2.45, 2.75) is 20.5 Å². The van der Waals surface area contributed by atoms with Crippen LogP contribution in [0.1, 0.15) is 0 Å². The topological polar surface area (TPSA) is 15.3 Å². The van der Waals surface area contributed by atoms with Crippen LogP contribution in [0.4, 0.5) is 0 Å². The summed E-state index contributed by atoms with van der Waals surface area (Å²) in [6.07, 6.45) is 1.10. The van der Waals surface area contributed by atoms with E-state index in [0.29, 0.717) is 6.98 Å². The molecule has 58 valence electrons. The lowest BCUT2D eigenvalue weighted by atomic mass is 9.53. The number of hydrogen-bond donors (Lipinski definition) is 1. The molecule has 2 nitrogen and oxygen atoms in total. The molecule has 0 atom stereocenters. The lowest BCUT2D eigenvalue weighted by Crippen LogP contribution is -2.46. The van der Waals surface area contributed by atoms with Crippen LogP contribution in [0, 0.1) is 0 Å². The molecule has 0 aromatic carbocycles. The molecule has 1 N–H and O–H groups in total. The summed E-state index contributed by atoms with van der Waals surface area (Å²) in [5.74, 6) is 0. The SMILES string of the molecule is CB(C)CNB(C)N(C)C. The maximum Gasteiger partial charge on any atom is 0.303 e. The molecule has 0 spiro atoms. The number of rotatable bonds is 4. The quantitative estimate of drug-likeness (QED) is 0.573. The highest BCUT2D eigenvalue weighted by atomic mass is 15.1. The first-order valence-corrected chi connectivity index (χ1v) is 3.94. The third-order valence-electron chi connectivity index (χ3n) is 1.60. The van der Waals surface area contributed by atoms with E-state index in [-0.39, 0.29) is 0 Å². The van der Waals surface area contributed by atoms with Crippen LogP contribution in [0.3, 0.4) is 0 Å². The maximum atomic E-state index is 3.41. The van der Waals surface area contributed by atoms with E-state index in [1.165, 1.54) is 0 Å². The molecular formula is C6H18B2N2. The van der Waals surface area contributed by atoms with Crippen molar-refractivity contribution in [3.63, 3.8) is 0 Å². The van der Waals surface area contributed by atoms with Gasteiger partial charge in [0, 0.05) is 0 Å². The molecule has 0 saturated carbocycles. The van der Waals surface area contributed by atoms with Crippen LogP contribution in [0.15, 0.2) is 0 Å². The first-order valence-electron chi connectivity index (χ1n) is 3.94. The maximum absolute atomic E-state index is 3.41. The summed E-state index contributed by atoms with van der Waals surface area (Å²) in [6.45, 7) is 7.83. The summed E-state index contributed by atoms with van der Waals surface area (Å²) >= 11 is 0. The second kappa shape index (κ2) is 4.80. The average molecular weight is 140 g/mol. The zero-order chi connectivity index (χ0) is 8.15. The second-order valence-electron chi connectivity index (χ2n) is 3.44. The van der Waals surface area contributed by atoms with Crippen molar-refractivity contribution in [2.75, 3.05) is 20.5 Å². The largest absolute Gasteiger partial charge is 0.349 e. The van der Waals surface area contributed by atoms with E-state index in [0.717, 1.165) is 13.2 Å². The lowest BCUT2D eigenvalue weighted by Gasteiger charge is -2.17. The van der Waals surface area contributed by atoms with Crippen LogP contribution < -0.4 is 5.23 Å². The zero-order valence-corrected chi connectivity index (χ0v) is 7.81. The van der Waals surface area contributed by atoms with Gasteiger partial charge in [0.25, 0.3) is 0 Å². The Morgan fingerprint density at radius 1 is 1.20 bits per heavy atom. The molecule has 0 unspecified atom stereocenters. The van der Waals surface area contributed by atoms with Crippen molar-refractivity contribution >= 4 is 13.7 Å². The molecular weight excluding hydrogens is 122 g/mol. The van der Waals surface area contributed by atoms with Gasteiger partial charge in [0.15, 0.2) is 0 Å². The van der Waals surface area contributed by atoms with E-state index < -0.39 is 0 Å². The Morgan fingerprint density at radius 2 is 1.70 bits per heavy atom. The van der Waals surface area contributed by atoms with Crippen LogP contribution in [-0.2, 0) is 0 Å². The van der Waals surface area contributed by atoms with Gasteiger partial charge in [-0.1, -0.05) is 20.5 Å². The van der Waals surface area contributed by atoms with Crippen molar-refractivity contribution in [2.24, 2.45) is 0 Å². The van der Waals surface area contributed by atoms with Crippen molar-refractivity contribution in [1.82, 2.24) is 10.0 Å². The van der Waals surface area contributed by atoms with Gasteiger partial charge < -0.3 is 10.0 Å². The Hall–Kier alpha value is 0.0499. The predicted molar refractivity (Wildman–Crippen MR) is 50.8 cm³/mol. The summed E-state index contributed by atoms with van der Waals surface area (Å²) < 4.78 is 0. The highest BCUT2D eigenvalue weighted by Gasteiger charge is 2.09. The Bertz CT molecular complexity index is 85.8. The molecule has 10 heavy (non-hydrogen) atoms. The average Bonchev–Trinajstić information content (AvgIpc) is 1.82.